The maximum atomic E-state index is 12.5. The number of nitrogens with one attached hydrogen (secondary N) is 2. The molecule has 4 rings (SSSR count). The van der Waals surface area contributed by atoms with Gasteiger partial charge in [0.1, 0.15) is 0 Å². The van der Waals surface area contributed by atoms with Gasteiger partial charge in [0, 0.05) is 25.4 Å². The Kier molecular flexibility index (Phi) is 5.13. The molecule has 2 aromatic carbocycles. The van der Waals surface area contributed by atoms with E-state index in [9.17, 15) is 19.2 Å². The van der Waals surface area contributed by atoms with Crippen LogP contribution >= 0.6 is 0 Å². The summed E-state index contributed by atoms with van der Waals surface area (Å²) >= 11 is 0. The molecule has 2 heterocycles. The normalized spacial score (nSPS) is 12.6. The van der Waals surface area contributed by atoms with Crippen LogP contribution in [0.25, 0.3) is 5.69 Å². The summed E-state index contributed by atoms with van der Waals surface area (Å²) in [6.45, 7) is -0.0754. The number of hydrogen-bond donors (Lipinski definition) is 2. The summed E-state index contributed by atoms with van der Waals surface area (Å²) < 4.78 is 1.79. The third-order valence-corrected chi connectivity index (χ3v) is 4.79. The minimum Gasteiger partial charge on any atom is -0.323 e. The van der Waals surface area contributed by atoms with Crippen molar-refractivity contribution in [2.45, 2.75) is 6.42 Å². The first-order valence-corrected chi connectivity index (χ1v) is 9.33. The van der Waals surface area contributed by atoms with Crippen molar-refractivity contribution in [2.24, 2.45) is 0 Å². The van der Waals surface area contributed by atoms with Crippen LogP contribution in [0.5, 0.6) is 0 Å². The Labute approximate surface area is 172 Å². The molecule has 0 atom stereocenters. The van der Waals surface area contributed by atoms with E-state index in [1.165, 1.54) is 0 Å². The first kappa shape index (κ1) is 19.1. The molecule has 1 aliphatic rings. The molecule has 3 aromatic rings. The zero-order valence-corrected chi connectivity index (χ0v) is 15.9. The Morgan fingerprint density at radius 2 is 1.37 bits per heavy atom. The lowest BCUT2D eigenvalue weighted by Crippen LogP contribution is -2.43. The SMILES string of the molecule is O=C(CCN1C(=O)c2ccccc2C1=O)NNC(=O)c1ccccc1-n1cccc1. The van der Waals surface area contributed by atoms with Crippen LogP contribution in [0.1, 0.15) is 37.5 Å². The summed E-state index contributed by atoms with van der Waals surface area (Å²) in [6.07, 6.45) is 3.49. The number of para-hydroxylation sites is 1. The zero-order valence-electron chi connectivity index (χ0n) is 15.9. The van der Waals surface area contributed by atoms with E-state index < -0.39 is 23.6 Å². The van der Waals surface area contributed by atoms with Gasteiger partial charge in [0.25, 0.3) is 17.7 Å². The minimum atomic E-state index is -0.515. The van der Waals surface area contributed by atoms with Crippen molar-refractivity contribution < 1.29 is 19.2 Å². The van der Waals surface area contributed by atoms with Crippen LogP contribution in [0.15, 0.2) is 73.1 Å². The molecule has 0 fully saturated rings. The number of nitrogens with zero attached hydrogens (tertiary/aromatic N) is 2. The highest BCUT2D eigenvalue weighted by Gasteiger charge is 2.34. The second-order valence-electron chi connectivity index (χ2n) is 6.67. The molecule has 0 aliphatic carbocycles. The Hall–Kier alpha value is -4.20. The van der Waals surface area contributed by atoms with E-state index in [2.05, 4.69) is 10.9 Å². The average molecular weight is 402 g/mol. The van der Waals surface area contributed by atoms with E-state index in [1.807, 2.05) is 30.6 Å². The fourth-order valence-electron chi connectivity index (χ4n) is 3.30. The predicted octanol–water partition coefficient (Wildman–Crippen LogP) is 1.92. The van der Waals surface area contributed by atoms with Crippen molar-refractivity contribution in [3.63, 3.8) is 0 Å². The van der Waals surface area contributed by atoms with E-state index in [0.717, 1.165) is 4.90 Å². The summed E-state index contributed by atoms with van der Waals surface area (Å²) in [4.78, 5) is 50.4. The number of hydrazine groups is 1. The van der Waals surface area contributed by atoms with E-state index >= 15 is 0 Å². The summed E-state index contributed by atoms with van der Waals surface area (Å²) in [5, 5.41) is 0. The van der Waals surface area contributed by atoms with Crippen molar-refractivity contribution in [1.29, 1.82) is 0 Å². The number of hydrogen-bond acceptors (Lipinski definition) is 4. The largest absolute Gasteiger partial charge is 0.323 e. The van der Waals surface area contributed by atoms with Gasteiger partial charge in [-0.1, -0.05) is 24.3 Å². The Morgan fingerprint density at radius 1 is 0.767 bits per heavy atom. The van der Waals surface area contributed by atoms with Crippen LogP contribution < -0.4 is 10.9 Å². The molecule has 8 heteroatoms. The second kappa shape index (κ2) is 8.04. The molecular weight excluding hydrogens is 384 g/mol. The molecule has 0 bridgehead atoms. The van der Waals surface area contributed by atoms with E-state index in [4.69, 9.17) is 0 Å². The lowest BCUT2D eigenvalue weighted by atomic mass is 10.1. The number of rotatable bonds is 5. The van der Waals surface area contributed by atoms with Gasteiger partial charge in [-0.05, 0) is 36.4 Å². The number of benzene rings is 2. The predicted molar refractivity (Wildman–Crippen MR) is 108 cm³/mol. The maximum Gasteiger partial charge on any atom is 0.271 e. The molecular formula is C22H18N4O4. The van der Waals surface area contributed by atoms with Gasteiger partial charge in [-0.3, -0.25) is 34.9 Å². The van der Waals surface area contributed by atoms with Crippen LogP contribution in [0.3, 0.4) is 0 Å². The van der Waals surface area contributed by atoms with Gasteiger partial charge in [-0.25, -0.2) is 0 Å². The summed E-state index contributed by atoms with van der Waals surface area (Å²) in [7, 11) is 0. The monoisotopic (exact) mass is 402 g/mol. The first-order valence-electron chi connectivity index (χ1n) is 9.33. The van der Waals surface area contributed by atoms with Crippen LogP contribution in [-0.2, 0) is 4.79 Å². The third-order valence-electron chi connectivity index (χ3n) is 4.79. The van der Waals surface area contributed by atoms with Crippen molar-refractivity contribution in [3.05, 3.63) is 89.7 Å². The molecule has 0 radical (unpaired) electrons. The lowest BCUT2D eigenvalue weighted by Gasteiger charge is -2.14. The van der Waals surface area contributed by atoms with E-state index in [1.54, 1.807) is 47.0 Å². The van der Waals surface area contributed by atoms with Crippen LogP contribution in [0.2, 0.25) is 0 Å². The highest BCUT2D eigenvalue weighted by molar-refractivity contribution is 6.21. The molecule has 150 valence electrons. The molecule has 1 aliphatic heterocycles. The fourth-order valence-corrected chi connectivity index (χ4v) is 3.30. The highest BCUT2D eigenvalue weighted by atomic mass is 16.2. The molecule has 4 amide bonds. The smallest absolute Gasteiger partial charge is 0.271 e. The molecule has 1 aromatic heterocycles. The molecule has 2 N–H and O–H groups in total. The van der Waals surface area contributed by atoms with Crippen molar-refractivity contribution in [1.82, 2.24) is 20.3 Å². The molecule has 8 nitrogen and oxygen atoms in total. The summed E-state index contributed by atoms with van der Waals surface area (Å²) in [5.74, 6) is -1.84. The Bertz CT molecular complexity index is 1100. The number of imide groups is 1. The third kappa shape index (κ3) is 3.58. The van der Waals surface area contributed by atoms with Crippen LogP contribution in [0.4, 0.5) is 0 Å². The van der Waals surface area contributed by atoms with Gasteiger partial charge in [0.2, 0.25) is 5.91 Å². The standard InChI is InChI=1S/C22H18N4O4/c27-19(11-14-26-21(29)15-7-1-2-8-16(15)22(26)30)23-24-20(28)17-9-3-4-10-18(17)25-12-5-6-13-25/h1-10,12-13H,11,14H2,(H,23,27)(H,24,28). The molecule has 0 spiro atoms. The fraction of sp³-hybridized carbons (Fsp3) is 0.0909. The van der Waals surface area contributed by atoms with Gasteiger partial charge in [-0.15, -0.1) is 0 Å². The van der Waals surface area contributed by atoms with Crippen molar-refractivity contribution in [2.75, 3.05) is 6.54 Å². The topological polar surface area (TPSA) is 101 Å². The minimum absolute atomic E-state index is 0.0754. The quantitative estimate of drug-likeness (QED) is 0.503. The number of fused-ring (bicyclic) bond motifs is 1. The molecule has 30 heavy (non-hydrogen) atoms. The Balaban J connectivity index is 1.34. The number of carbonyl (C=O) groups excluding carboxylic acids is 4. The van der Waals surface area contributed by atoms with Crippen molar-refractivity contribution >= 4 is 23.6 Å². The highest BCUT2D eigenvalue weighted by Crippen LogP contribution is 2.22. The van der Waals surface area contributed by atoms with Crippen LogP contribution in [0, 0.1) is 0 Å². The molecule has 0 saturated carbocycles. The van der Waals surface area contributed by atoms with Crippen LogP contribution in [-0.4, -0.2) is 39.6 Å². The van der Waals surface area contributed by atoms with E-state index in [0.29, 0.717) is 22.4 Å². The van der Waals surface area contributed by atoms with Gasteiger partial charge in [0.15, 0.2) is 0 Å². The number of amides is 4. The second-order valence-corrected chi connectivity index (χ2v) is 6.67. The zero-order chi connectivity index (χ0) is 21.1. The lowest BCUT2D eigenvalue weighted by molar-refractivity contribution is -0.121. The number of carbonyl (C=O) groups is 4. The summed E-state index contributed by atoms with van der Waals surface area (Å²) in [6, 6.07) is 17.2. The maximum absolute atomic E-state index is 12.5. The molecule has 0 saturated heterocycles. The van der Waals surface area contributed by atoms with Gasteiger partial charge < -0.3 is 4.57 Å². The average Bonchev–Trinajstić information content (AvgIpc) is 3.39. The van der Waals surface area contributed by atoms with Gasteiger partial charge >= 0.3 is 0 Å². The first-order chi connectivity index (χ1) is 14.6. The van der Waals surface area contributed by atoms with Gasteiger partial charge in [-0.2, -0.15) is 0 Å². The van der Waals surface area contributed by atoms with Gasteiger partial charge in [0.05, 0.1) is 22.4 Å². The van der Waals surface area contributed by atoms with E-state index in [-0.39, 0.29) is 13.0 Å². The number of aromatic nitrogens is 1. The Morgan fingerprint density at radius 3 is 2.03 bits per heavy atom. The summed E-state index contributed by atoms with van der Waals surface area (Å²) in [5.41, 5.74) is 6.42. The van der Waals surface area contributed by atoms with Crippen molar-refractivity contribution in [3.8, 4) is 5.69 Å². The molecule has 0 unspecified atom stereocenters.